The molecule has 2 aliphatic carbocycles. The third-order valence-corrected chi connectivity index (χ3v) is 6.14. The van der Waals surface area contributed by atoms with Gasteiger partial charge in [0.05, 0.1) is 4.90 Å². The van der Waals surface area contributed by atoms with Gasteiger partial charge in [-0.15, -0.1) is 0 Å². The molecule has 2 bridgehead atoms. The average molecular weight is 334 g/mol. The van der Waals surface area contributed by atoms with Gasteiger partial charge in [0.25, 0.3) is 0 Å². The Labute approximate surface area is 137 Å². The summed E-state index contributed by atoms with van der Waals surface area (Å²) in [5.41, 5.74) is 1.01. The number of hydrogen-bond donors (Lipinski definition) is 2. The molecule has 0 unspecified atom stereocenters. The largest absolute Gasteiger partial charge is 0.355 e. The predicted molar refractivity (Wildman–Crippen MR) is 88.2 cm³/mol. The van der Waals surface area contributed by atoms with Crippen LogP contribution in [0.4, 0.5) is 0 Å². The maximum atomic E-state index is 12.1. The van der Waals surface area contributed by atoms with Crippen molar-refractivity contribution in [3.05, 3.63) is 42.0 Å². The third kappa shape index (κ3) is 3.64. The average Bonchev–Trinajstić information content (AvgIpc) is 3.15. The minimum absolute atomic E-state index is 0.0383. The monoisotopic (exact) mass is 334 g/mol. The van der Waals surface area contributed by atoms with Crippen LogP contribution in [-0.2, 0) is 14.8 Å². The van der Waals surface area contributed by atoms with Crippen LogP contribution in [0, 0.1) is 24.7 Å². The van der Waals surface area contributed by atoms with E-state index in [2.05, 4.69) is 22.2 Å². The van der Waals surface area contributed by atoms with Gasteiger partial charge >= 0.3 is 0 Å². The summed E-state index contributed by atoms with van der Waals surface area (Å²) in [5, 5.41) is 2.84. The van der Waals surface area contributed by atoms with Gasteiger partial charge in [0.1, 0.15) is 0 Å². The van der Waals surface area contributed by atoms with E-state index in [0.29, 0.717) is 18.4 Å². The van der Waals surface area contributed by atoms with Gasteiger partial charge in [-0.3, -0.25) is 4.79 Å². The Morgan fingerprint density at radius 1 is 1.13 bits per heavy atom. The highest BCUT2D eigenvalue weighted by molar-refractivity contribution is 7.89. The van der Waals surface area contributed by atoms with E-state index in [1.807, 2.05) is 6.92 Å². The summed E-state index contributed by atoms with van der Waals surface area (Å²) in [4.78, 5) is 12.4. The van der Waals surface area contributed by atoms with Gasteiger partial charge in [-0.25, -0.2) is 13.1 Å². The number of aryl methyl sites for hydroxylation is 1. The molecule has 124 valence electrons. The lowest BCUT2D eigenvalue weighted by Crippen LogP contribution is -2.38. The molecule has 1 saturated carbocycles. The second-order valence-corrected chi connectivity index (χ2v) is 8.16. The number of rotatable bonds is 6. The SMILES string of the molecule is Cc1ccc(S(=O)(=O)NCCNC(=O)[C@H]2C[C@H]3C=C[C@H]2C3)cc1. The zero-order valence-corrected chi connectivity index (χ0v) is 14.0. The second-order valence-electron chi connectivity index (χ2n) is 6.39. The Balaban J connectivity index is 1.45. The zero-order chi connectivity index (χ0) is 16.4. The van der Waals surface area contributed by atoms with Crippen molar-refractivity contribution in [1.82, 2.24) is 10.0 Å². The number of sulfonamides is 1. The number of carbonyl (C=O) groups excluding carboxylic acids is 1. The van der Waals surface area contributed by atoms with Crippen molar-refractivity contribution >= 4 is 15.9 Å². The summed E-state index contributed by atoms with van der Waals surface area (Å²) < 4.78 is 26.7. The summed E-state index contributed by atoms with van der Waals surface area (Å²) in [6, 6.07) is 6.69. The van der Waals surface area contributed by atoms with E-state index in [1.54, 1.807) is 24.3 Å². The predicted octanol–water partition coefficient (Wildman–Crippen LogP) is 1.60. The molecule has 3 atom stereocenters. The van der Waals surface area contributed by atoms with Crippen LogP contribution >= 0.6 is 0 Å². The van der Waals surface area contributed by atoms with E-state index < -0.39 is 10.0 Å². The number of amides is 1. The number of benzene rings is 1. The topological polar surface area (TPSA) is 75.3 Å². The Morgan fingerprint density at radius 2 is 1.87 bits per heavy atom. The third-order valence-electron chi connectivity index (χ3n) is 4.66. The number of nitrogens with one attached hydrogen (secondary N) is 2. The Hall–Kier alpha value is -1.66. The summed E-state index contributed by atoms with van der Waals surface area (Å²) >= 11 is 0. The van der Waals surface area contributed by atoms with Crippen molar-refractivity contribution in [3.8, 4) is 0 Å². The van der Waals surface area contributed by atoms with Crippen LogP contribution in [-0.4, -0.2) is 27.4 Å². The maximum absolute atomic E-state index is 12.1. The van der Waals surface area contributed by atoms with Crippen LogP contribution < -0.4 is 10.0 Å². The first kappa shape index (κ1) is 16.2. The molecule has 1 amide bonds. The van der Waals surface area contributed by atoms with Crippen LogP contribution in [0.1, 0.15) is 18.4 Å². The molecule has 5 nitrogen and oxygen atoms in total. The molecule has 23 heavy (non-hydrogen) atoms. The molecule has 0 heterocycles. The van der Waals surface area contributed by atoms with E-state index >= 15 is 0 Å². The lowest BCUT2D eigenvalue weighted by atomic mass is 9.93. The van der Waals surface area contributed by atoms with Crippen molar-refractivity contribution in [2.75, 3.05) is 13.1 Å². The summed E-state index contributed by atoms with van der Waals surface area (Å²) in [5.74, 6) is 1.01. The molecule has 0 radical (unpaired) electrons. The maximum Gasteiger partial charge on any atom is 0.240 e. The molecule has 0 aromatic heterocycles. The summed E-state index contributed by atoms with van der Waals surface area (Å²) in [6.45, 7) is 2.41. The molecule has 0 aliphatic heterocycles. The first-order chi connectivity index (χ1) is 11.0. The zero-order valence-electron chi connectivity index (χ0n) is 13.2. The Bertz CT molecular complexity index is 710. The molecule has 2 aliphatic rings. The standard InChI is InChI=1S/C17H22N2O3S/c1-12-2-6-15(7-3-12)23(21,22)19-9-8-18-17(20)16-11-13-4-5-14(16)10-13/h2-7,13-14,16,19H,8-11H2,1H3,(H,18,20)/t13-,14-,16-/m0/s1. The molecule has 0 spiro atoms. The van der Waals surface area contributed by atoms with Crippen molar-refractivity contribution in [2.45, 2.75) is 24.7 Å². The molecule has 1 fully saturated rings. The number of carbonyl (C=O) groups is 1. The van der Waals surface area contributed by atoms with Gasteiger partial charge in [0.2, 0.25) is 15.9 Å². The van der Waals surface area contributed by atoms with Crippen LogP contribution in [0.15, 0.2) is 41.3 Å². The first-order valence-electron chi connectivity index (χ1n) is 7.98. The van der Waals surface area contributed by atoms with E-state index in [9.17, 15) is 13.2 Å². The van der Waals surface area contributed by atoms with E-state index in [0.717, 1.165) is 18.4 Å². The molecule has 0 saturated heterocycles. The molecule has 1 aromatic rings. The van der Waals surface area contributed by atoms with Crippen molar-refractivity contribution in [1.29, 1.82) is 0 Å². The van der Waals surface area contributed by atoms with Crippen LogP contribution in [0.5, 0.6) is 0 Å². The quantitative estimate of drug-likeness (QED) is 0.613. The van der Waals surface area contributed by atoms with Gasteiger partial charge in [-0.05, 0) is 43.7 Å². The lowest BCUT2D eigenvalue weighted by Gasteiger charge is -2.17. The van der Waals surface area contributed by atoms with E-state index in [1.165, 1.54) is 0 Å². The Morgan fingerprint density at radius 3 is 2.48 bits per heavy atom. The number of allylic oxidation sites excluding steroid dienone is 2. The summed E-state index contributed by atoms with van der Waals surface area (Å²) in [6.07, 6.45) is 6.34. The highest BCUT2D eigenvalue weighted by Gasteiger charge is 2.39. The van der Waals surface area contributed by atoms with Gasteiger partial charge in [-0.2, -0.15) is 0 Å². The Kier molecular flexibility index (Phi) is 4.55. The smallest absolute Gasteiger partial charge is 0.240 e. The van der Waals surface area contributed by atoms with Gasteiger partial charge in [0.15, 0.2) is 0 Å². The number of hydrogen-bond acceptors (Lipinski definition) is 3. The molecule has 1 aromatic carbocycles. The van der Waals surface area contributed by atoms with Crippen molar-refractivity contribution in [3.63, 3.8) is 0 Å². The van der Waals surface area contributed by atoms with Crippen molar-refractivity contribution < 1.29 is 13.2 Å². The van der Waals surface area contributed by atoms with Gasteiger partial charge in [-0.1, -0.05) is 29.8 Å². The highest BCUT2D eigenvalue weighted by Crippen LogP contribution is 2.43. The van der Waals surface area contributed by atoms with Gasteiger partial charge < -0.3 is 5.32 Å². The fraction of sp³-hybridized carbons (Fsp3) is 0.471. The fourth-order valence-electron chi connectivity index (χ4n) is 3.39. The molecular formula is C17H22N2O3S. The van der Waals surface area contributed by atoms with Crippen LogP contribution in [0.2, 0.25) is 0 Å². The fourth-order valence-corrected chi connectivity index (χ4v) is 4.42. The van der Waals surface area contributed by atoms with Crippen LogP contribution in [0.3, 0.4) is 0 Å². The van der Waals surface area contributed by atoms with Crippen molar-refractivity contribution in [2.24, 2.45) is 17.8 Å². The van der Waals surface area contributed by atoms with E-state index in [-0.39, 0.29) is 23.3 Å². The lowest BCUT2D eigenvalue weighted by molar-refractivity contribution is -0.125. The molecule has 2 N–H and O–H groups in total. The molecule has 6 heteroatoms. The minimum Gasteiger partial charge on any atom is -0.355 e. The van der Waals surface area contributed by atoms with E-state index in [4.69, 9.17) is 0 Å². The second kappa shape index (κ2) is 6.45. The molecular weight excluding hydrogens is 312 g/mol. The number of fused-ring (bicyclic) bond motifs is 2. The first-order valence-corrected chi connectivity index (χ1v) is 9.46. The summed E-state index contributed by atoms with van der Waals surface area (Å²) in [7, 11) is -3.51. The highest BCUT2D eigenvalue weighted by atomic mass is 32.2. The molecule has 3 rings (SSSR count). The van der Waals surface area contributed by atoms with Crippen LogP contribution in [0.25, 0.3) is 0 Å². The minimum atomic E-state index is -3.51. The normalized spacial score (nSPS) is 25.7. The van der Waals surface area contributed by atoms with Gasteiger partial charge in [0, 0.05) is 19.0 Å².